The molecule has 0 amide bonds. The van der Waals surface area contributed by atoms with Crippen molar-refractivity contribution >= 4 is 23.1 Å². The molecule has 0 spiro atoms. The molecule has 1 unspecified atom stereocenters. The second-order valence-electron chi connectivity index (χ2n) is 9.30. The molecule has 2 heterocycles. The van der Waals surface area contributed by atoms with Gasteiger partial charge in [-0.05, 0) is 48.7 Å². The highest BCUT2D eigenvalue weighted by atomic mass is 35.5. The highest BCUT2D eigenvalue weighted by molar-refractivity contribution is 6.30. The summed E-state index contributed by atoms with van der Waals surface area (Å²) in [6.45, 7) is 7.75. The van der Waals surface area contributed by atoms with Crippen molar-refractivity contribution in [1.29, 1.82) is 0 Å². The number of methoxy groups -OCH3 is 1. The quantitative estimate of drug-likeness (QED) is 0.272. The number of hydrogen-bond acceptors (Lipinski definition) is 6. The summed E-state index contributed by atoms with van der Waals surface area (Å²) in [7, 11) is 1.52. The molecular formula is C28H30ClN3O5. The molecule has 0 fully saturated rings. The summed E-state index contributed by atoms with van der Waals surface area (Å²) in [6.07, 6.45) is 2.84. The van der Waals surface area contributed by atoms with Gasteiger partial charge in [-0.15, -0.1) is 0 Å². The molecule has 4 aromatic rings. The van der Waals surface area contributed by atoms with Crippen LogP contribution in [0.15, 0.2) is 65.8 Å². The van der Waals surface area contributed by atoms with E-state index in [1.807, 2.05) is 32.9 Å². The van der Waals surface area contributed by atoms with Gasteiger partial charge in [-0.2, -0.15) is 5.10 Å². The number of fused-ring (bicyclic) bond motifs is 1. The Balaban J connectivity index is 1.54. The Morgan fingerprint density at radius 3 is 2.41 bits per heavy atom. The maximum absolute atomic E-state index is 13.3. The Labute approximate surface area is 220 Å². The monoisotopic (exact) mass is 523 g/mol. The molecule has 2 aromatic carbocycles. The Bertz CT molecular complexity index is 1460. The minimum absolute atomic E-state index is 0.164. The van der Waals surface area contributed by atoms with Crippen molar-refractivity contribution in [2.45, 2.75) is 33.8 Å². The Morgan fingerprint density at radius 2 is 1.73 bits per heavy atom. The van der Waals surface area contributed by atoms with E-state index in [2.05, 4.69) is 5.10 Å². The summed E-state index contributed by atoms with van der Waals surface area (Å²) in [5.74, 6) is 0.668. The molecule has 0 aliphatic heterocycles. The van der Waals surface area contributed by atoms with Gasteiger partial charge in [-0.1, -0.05) is 44.5 Å². The molecule has 8 nitrogen and oxygen atoms in total. The summed E-state index contributed by atoms with van der Waals surface area (Å²) in [5.41, 5.74) is 2.56. The lowest BCUT2D eigenvalue weighted by Crippen LogP contribution is -2.27. The molecule has 0 N–H and O–H groups in total. The van der Waals surface area contributed by atoms with Gasteiger partial charge < -0.3 is 14.2 Å². The average molecular weight is 524 g/mol. The van der Waals surface area contributed by atoms with Crippen molar-refractivity contribution in [3.63, 3.8) is 0 Å². The van der Waals surface area contributed by atoms with Crippen LogP contribution in [0.5, 0.6) is 11.5 Å². The molecule has 9 heteroatoms. The molecule has 0 radical (unpaired) electrons. The minimum Gasteiger partial charge on any atom is -0.493 e. The summed E-state index contributed by atoms with van der Waals surface area (Å²) < 4.78 is 19.9. The normalized spacial score (nSPS) is 12.9. The van der Waals surface area contributed by atoms with Crippen molar-refractivity contribution in [2.75, 3.05) is 13.7 Å². The summed E-state index contributed by atoms with van der Waals surface area (Å²) in [6, 6.07) is 14.4. The zero-order valence-corrected chi connectivity index (χ0v) is 22.2. The predicted octanol–water partition coefficient (Wildman–Crippen LogP) is 5.42. The summed E-state index contributed by atoms with van der Waals surface area (Å²) in [4.78, 5) is 25.5. The van der Waals surface area contributed by atoms with E-state index in [0.717, 1.165) is 11.1 Å². The smallest absolute Gasteiger partial charge is 0.309 e. The van der Waals surface area contributed by atoms with Crippen molar-refractivity contribution in [2.24, 2.45) is 11.8 Å². The standard InChI is InChI=1S/C28H30ClN3O5/c1-17(2)19(4)28(34)37-18(3)15-36-25-11-10-23(13-26(25)35-5)31-16-30-32-14-21(12-24(32)27(31)33)20-6-8-22(29)9-7-20/h6-14,16-19H,15H2,1-5H3/t18?,19-/m0/s1. The van der Waals surface area contributed by atoms with E-state index in [1.165, 1.54) is 18.0 Å². The fourth-order valence-electron chi connectivity index (χ4n) is 3.72. The number of halogens is 1. The van der Waals surface area contributed by atoms with Crippen LogP contribution in [0.1, 0.15) is 27.7 Å². The zero-order valence-electron chi connectivity index (χ0n) is 21.5. The molecule has 2 aromatic heterocycles. The van der Waals surface area contributed by atoms with Crippen LogP contribution in [0.4, 0.5) is 0 Å². The largest absolute Gasteiger partial charge is 0.493 e. The van der Waals surface area contributed by atoms with Crippen molar-refractivity contribution in [3.8, 4) is 28.3 Å². The molecule has 4 rings (SSSR count). The van der Waals surface area contributed by atoms with Crippen molar-refractivity contribution in [1.82, 2.24) is 14.2 Å². The highest BCUT2D eigenvalue weighted by Gasteiger charge is 2.21. The van der Waals surface area contributed by atoms with Crippen LogP contribution in [0.3, 0.4) is 0 Å². The van der Waals surface area contributed by atoms with Gasteiger partial charge in [0.2, 0.25) is 0 Å². The molecule has 194 valence electrons. The molecule has 2 atom stereocenters. The van der Waals surface area contributed by atoms with E-state index in [0.29, 0.717) is 27.7 Å². The van der Waals surface area contributed by atoms with E-state index < -0.39 is 6.10 Å². The Kier molecular flexibility index (Phi) is 7.88. The van der Waals surface area contributed by atoms with Gasteiger partial charge in [-0.3, -0.25) is 14.2 Å². The van der Waals surface area contributed by atoms with E-state index in [1.54, 1.807) is 54.0 Å². The number of nitrogens with zero attached hydrogens (tertiary/aromatic N) is 3. The first-order valence-electron chi connectivity index (χ1n) is 12.1. The van der Waals surface area contributed by atoms with Crippen LogP contribution >= 0.6 is 11.6 Å². The Hall–Kier alpha value is -3.78. The van der Waals surface area contributed by atoms with Crippen LogP contribution in [-0.2, 0) is 9.53 Å². The van der Waals surface area contributed by atoms with E-state index in [4.69, 9.17) is 25.8 Å². The van der Waals surface area contributed by atoms with Crippen LogP contribution in [0.25, 0.3) is 22.3 Å². The average Bonchev–Trinajstić information content (AvgIpc) is 3.33. The third kappa shape index (κ3) is 5.80. The van der Waals surface area contributed by atoms with Crippen LogP contribution in [0.2, 0.25) is 5.02 Å². The van der Waals surface area contributed by atoms with E-state index >= 15 is 0 Å². The molecular weight excluding hydrogens is 494 g/mol. The first-order valence-corrected chi connectivity index (χ1v) is 12.4. The number of carbonyl (C=O) groups is 1. The van der Waals surface area contributed by atoms with E-state index in [-0.39, 0.29) is 30.0 Å². The van der Waals surface area contributed by atoms with Gasteiger partial charge in [0.1, 0.15) is 24.6 Å². The van der Waals surface area contributed by atoms with Crippen LogP contribution in [-0.4, -0.2) is 40.0 Å². The van der Waals surface area contributed by atoms with Crippen molar-refractivity contribution < 1.29 is 19.0 Å². The van der Waals surface area contributed by atoms with Crippen molar-refractivity contribution in [3.05, 3.63) is 76.4 Å². The minimum atomic E-state index is -0.434. The second kappa shape index (κ2) is 11.1. The van der Waals surface area contributed by atoms with E-state index in [9.17, 15) is 9.59 Å². The van der Waals surface area contributed by atoms with Gasteiger partial charge in [0.15, 0.2) is 11.5 Å². The van der Waals surface area contributed by atoms with Crippen LogP contribution < -0.4 is 15.0 Å². The van der Waals surface area contributed by atoms with Gasteiger partial charge in [-0.25, -0.2) is 4.52 Å². The lowest BCUT2D eigenvalue weighted by atomic mass is 9.98. The fraction of sp³-hybridized carbons (Fsp3) is 0.321. The number of rotatable bonds is 9. The number of benzene rings is 2. The molecule has 0 aliphatic carbocycles. The Morgan fingerprint density at radius 1 is 1.00 bits per heavy atom. The maximum Gasteiger partial charge on any atom is 0.309 e. The SMILES string of the molecule is COc1cc(-n2cnn3cc(-c4ccc(Cl)cc4)cc3c2=O)ccc1OCC(C)OC(=O)[C@@H](C)C(C)C. The first-order chi connectivity index (χ1) is 17.7. The predicted molar refractivity (Wildman–Crippen MR) is 143 cm³/mol. The molecule has 0 aliphatic rings. The summed E-state index contributed by atoms with van der Waals surface area (Å²) >= 11 is 5.99. The topological polar surface area (TPSA) is 84.1 Å². The first kappa shape index (κ1) is 26.3. The van der Waals surface area contributed by atoms with Gasteiger partial charge >= 0.3 is 5.97 Å². The zero-order chi connectivity index (χ0) is 26.7. The lowest BCUT2D eigenvalue weighted by Gasteiger charge is -2.20. The molecule has 0 saturated carbocycles. The third-order valence-corrected chi connectivity index (χ3v) is 6.55. The summed E-state index contributed by atoms with van der Waals surface area (Å²) in [5, 5.41) is 5.05. The van der Waals surface area contributed by atoms with Gasteiger partial charge in [0.05, 0.1) is 18.7 Å². The molecule has 37 heavy (non-hydrogen) atoms. The number of carbonyl (C=O) groups excluding carboxylic acids is 1. The highest BCUT2D eigenvalue weighted by Crippen LogP contribution is 2.30. The van der Waals surface area contributed by atoms with Gasteiger partial charge in [0, 0.05) is 22.8 Å². The number of hydrogen-bond donors (Lipinski definition) is 0. The lowest BCUT2D eigenvalue weighted by molar-refractivity contribution is -0.155. The maximum atomic E-state index is 13.3. The second-order valence-corrected chi connectivity index (χ2v) is 9.73. The molecule has 0 bridgehead atoms. The number of ether oxygens (including phenoxy) is 3. The number of esters is 1. The number of aromatic nitrogens is 3. The van der Waals surface area contributed by atoms with Crippen LogP contribution in [0, 0.1) is 11.8 Å². The molecule has 0 saturated heterocycles. The third-order valence-electron chi connectivity index (χ3n) is 6.30. The fourth-order valence-corrected chi connectivity index (χ4v) is 3.84. The van der Waals surface area contributed by atoms with Gasteiger partial charge in [0.25, 0.3) is 5.56 Å².